The van der Waals surface area contributed by atoms with Crippen LogP contribution in [0.25, 0.3) is 6.08 Å². The molecule has 4 heterocycles. The molecule has 2 aromatic rings. The predicted molar refractivity (Wildman–Crippen MR) is 158 cm³/mol. The highest BCUT2D eigenvalue weighted by atomic mass is 16.6. The summed E-state index contributed by atoms with van der Waals surface area (Å²) in [5, 5.41) is 0. The second kappa shape index (κ2) is 14.6. The van der Waals surface area contributed by atoms with Crippen LogP contribution in [-0.4, -0.2) is 102 Å². The minimum atomic E-state index is -0.576. The molecule has 0 aromatic carbocycles. The smallest absolute Gasteiger partial charge is 0.410 e. The Balaban J connectivity index is 0.000000281. The summed E-state index contributed by atoms with van der Waals surface area (Å²) < 4.78 is 19.2. The van der Waals surface area contributed by atoms with Gasteiger partial charge in [0.25, 0.3) is 5.91 Å². The van der Waals surface area contributed by atoms with Crippen molar-refractivity contribution in [1.82, 2.24) is 19.8 Å². The molecule has 0 saturated carbocycles. The molecule has 0 radical (unpaired) electrons. The Morgan fingerprint density at radius 2 is 1.45 bits per heavy atom. The number of carbonyl (C=O) groups is 5. The lowest BCUT2D eigenvalue weighted by Gasteiger charge is -2.40. The normalized spacial score (nSPS) is 14.8. The molecule has 13 heteroatoms. The van der Waals surface area contributed by atoms with Gasteiger partial charge < -0.3 is 28.7 Å². The Labute approximate surface area is 256 Å². The number of ether oxygens (including phenoxy) is 4. The molecule has 2 aliphatic rings. The summed E-state index contributed by atoms with van der Waals surface area (Å²) in [5.74, 6) is -1.76. The minimum absolute atomic E-state index is 0.0566. The van der Waals surface area contributed by atoms with Crippen molar-refractivity contribution in [3.8, 4) is 0 Å². The average Bonchev–Trinajstić information content (AvgIpc) is 3.03. The van der Waals surface area contributed by atoms with Gasteiger partial charge in [-0.3, -0.25) is 14.8 Å². The van der Waals surface area contributed by atoms with Crippen LogP contribution in [0.3, 0.4) is 0 Å². The summed E-state index contributed by atoms with van der Waals surface area (Å²) in [6.07, 6.45) is 5.91. The van der Waals surface area contributed by atoms with Gasteiger partial charge in [0.1, 0.15) is 5.60 Å². The van der Waals surface area contributed by atoms with Gasteiger partial charge in [0, 0.05) is 44.5 Å². The topological polar surface area (TPSA) is 155 Å². The minimum Gasteiger partial charge on any atom is -0.465 e. The molecule has 44 heavy (non-hydrogen) atoms. The van der Waals surface area contributed by atoms with E-state index in [0.29, 0.717) is 55.8 Å². The number of piperidine rings is 1. The Morgan fingerprint density at radius 3 is 2.00 bits per heavy atom. The maximum absolute atomic E-state index is 13.0. The number of esters is 3. The molecular weight excluding hydrogens is 572 g/mol. The van der Waals surface area contributed by atoms with Crippen molar-refractivity contribution in [3.05, 3.63) is 64.7 Å². The third-order valence-electron chi connectivity index (χ3n) is 6.97. The molecule has 1 fully saturated rings. The Hall–Kier alpha value is -4.81. The van der Waals surface area contributed by atoms with Gasteiger partial charge in [-0.25, -0.2) is 19.2 Å². The Morgan fingerprint density at radius 1 is 0.886 bits per heavy atom. The van der Waals surface area contributed by atoms with Crippen molar-refractivity contribution < 1.29 is 42.9 Å². The molecule has 2 aromatic heterocycles. The van der Waals surface area contributed by atoms with E-state index in [2.05, 4.69) is 26.0 Å². The molecule has 2 amide bonds. The number of amides is 2. The summed E-state index contributed by atoms with van der Waals surface area (Å²) in [4.78, 5) is 71.3. The third-order valence-corrected chi connectivity index (χ3v) is 6.97. The summed E-state index contributed by atoms with van der Waals surface area (Å²) in [5.41, 5.74) is 1.65. The zero-order chi connectivity index (χ0) is 32.6. The molecular formula is C31H38N4O9. The van der Waals surface area contributed by atoms with E-state index in [-0.39, 0.29) is 34.7 Å². The van der Waals surface area contributed by atoms with Gasteiger partial charge in [-0.1, -0.05) is 6.58 Å². The fourth-order valence-electron chi connectivity index (χ4n) is 4.77. The first kappa shape index (κ1) is 33.7. The van der Waals surface area contributed by atoms with E-state index >= 15 is 0 Å². The van der Waals surface area contributed by atoms with Crippen LogP contribution in [-0.2, 0) is 25.4 Å². The van der Waals surface area contributed by atoms with Crippen molar-refractivity contribution in [1.29, 1.82) is 0 Å². The van der Waals surface area contributed by atoms with Crippen LogP contribution in [0.2, 0.25) is 0 Å². The van der Waals surface area contributed by atoms with Crippen LogP contribution in [0.4, 0.5) is 4.79 Å². The van der Waals surface area contributed by atoms with E-state index in [9.17, 15) is 24.0 Å². The molecule has 13 nitrogen and oxygen atoms in total. The lowest BCUT2D eigenvalue weighted by Crippen LogP contribution is -2.51. The van der Waals surface area contributed by atoms with Gasteiger partial charge in [0.15, 0.2) is 0 Å². The maximum Gasteiger partial charge on any atom is 0.410 e. The first-order valence-corrected chi connectivity index (χ1v) is 14.0. The third kappa shape index (κ3) is 8.17. The van der Waals surface area contributed by atoms with Crippen molar-refractivity contribution in [2.75, 3.05) is 41.0 Å². The number of rotatable bonds is 5. The molecule has 1 saturated heterocycles. The summed E-state index contributed by atoms with van der Waals surface area (Å²) in [7, 11) is 3.80. The Kier molecular flexibility index (Phi) is 11.2. The van der Waals surface area contributed by atoms with Crippen molar-refractivity contribution in [3.63, 3.8) is 0 Å². The largest absolute Gasteiger partial charge is 0.465 e. The average molecular weight is 611 g/mol. The molecule has 236 valence electrons. The molecule has 0 unspecified atom stereocenters. The van der Waals surface area contributed by atoms with E-state index in [0.717, 1.165) is 0 Å². The standard InChI is InChI=1S/C20H27N3O5.C11H11NO4/c1-20(2,3)28-19(26)22-8-5-14(6-9-22)23-10-7-16-15(17(23)24)11-13(12-21-16)18(25)27-4;1-4-9-8(11(14)16-3)5-7(6-12-9)10(13)15-2/h11-12,14H,5-10H2,1-4H3;4-6H,1H2,2-3H3. The number of carbonyl (C=O) groups excluding carboxylic acids is 5. The molecule has 0 N–H and O–H groups in total. The van der Waals surface area contributed by atoms with Crippen molar-refractivity contribution >= 4 is 36.0 Å². The van der Waals surface area contributed by atoms with Crippen LogP contribution in [0.15, 0.2) is 31.1 Å². The van der Waals surface area contributed by atoms with Gasteiger partial charge in [0.05, 0.1) is 55.0 Å². The molecule has 0 spiro atoms. The fraction of sp³-hybridized carbons (Fsp3) is 0.452. The number of fused-ring (bicyclic) bond motifs is 1. The second-order valence-electron chi connectivity index (χ2n) is 11.0. The molecule has 4 rings (SSSR count). The molecule has 0 aliphatic carbocycles. The van der Waals surface area contributed by atoms with Crippen molar-refractivity contribution in [2.24, 2.45) is 0 Å². The monoisotopic (exact) mass is 610 g/mol. The summed E-state index contributed by atoms with van der Waals surface area (Å²) in [6.45, 7) is 10.7. The quantitative estimate of drug-likeness (QED) is 0.360. The molecule has 2 aliphatic heterocycles. The maximum atomic E-state index is 13.0. The number of methoxy groups -OCH3 is 3. The Bertz CT molecular complexity index is 1430. The fourth-order valence-corrected chi connectivity index (χ4v) is 4.77. The number of hydrogen-bond donors (Lipinski definition) is 0. The second-order valence-corrected chi connectivity index (χ2v) is 11.0. The van der Waals surface area contributed by atoms with Gasteiger partial charge >= 0.3 is 24.0 Å². The SMILES string of the molecule is C=Cc1ncc(C(=O)OC)cc1C(=O)OC.COC(=O)c1cnc2c(c1)C(=O)N(C1CCN(C(=O)OC(C)(C)C)CC1)CC2. The number of aromatic nitrogens is 2. The van der Waals surface area contributed by atoms with Crippen LogP contribution < -0.4 is 0 Å². The number of nitrogens with zero attached hydrogens (tertiary/aromatic N) is 4. The van der Waals surface area contributed by atoms with Gasteiger partial charge in [-0.2, -0.15) is 0 Å². The zero-order valence-electron chi connectivity index (χ0n) is 25.9. The van der Waals surface area contributed by atoms with E-state index < -0.39 is 23.5 Å². The van der Waals surface area contributed by atoms with Gasteiger partial charge in [-0.15, -0.1) is 0 Å². The van der Waals surface area contributed by atoms with Crippen molar-refractivity contribution in [2.45, 2.75) is 51.7 Å². The first-order valence-electron chi connectivity index (χ1n) is 14.0. The van der Waals surface area contributed by atoms with Crippen LogP contribution in [0, 0.1) is 0 Å². The van der Waals surface area contributed by atoms with E-state index in [4.69, 9.17) is 9.47 Å². The highest BCUT2D eigenvalue weighted by Crippen LogP contribution is 2.26. The lowest BCUT2D eigenvalue weighted by molar-refractivity contribution is 0.0143. The summed E-state index contributed by atoms with van der Waals surface area (Å²) in [6, 6.07) is 2.99. The van der Waals surface area contributed by atoms with E-state index in [1.807, 2.05) is 25.7 Å². The predicted octanol–water partition coefficient (Wildman–Crippen LogP) is 3.56. The summed E-state index contributed by atoms with van der Waals surface area (Å²) >= 11 is 0. The highest BCUT2D eigenvalue weighted by molar-refractivity contribution is 5.99. The van der Waals surface area contributed by atoms with E-state index in [1.54, 1.807) is 11.0 Å². The molecule has 0 bridgehead atoms. The van der Waals surface area contributed by atoms with Crippen LogP contribution >= 0.6 is 0 Å². The first-order chi connectivity index (χ1) is 20.8. The zero-order valence-corrected chi connectivity index (χ0v) is 25.9. The number of likely N-dealkylation sites (tertiary alicyclic amines) is 1. The van der Waals surface area contributed by atoms with Gasteiger partial charge in [0.2, 0.25) is 0 Å². The molecule has 0 atom stereocenters. The highest BCUT2D eigenvalue weighted by Gasteiger charge is 2.35. The lowest BCUT2D eigenvalue weighted by atomic mass is 9.97. The van der Waals surface area contributed by atoms with Gasteiger partial charge in [-0.05, 0) is 51.8 Å². The van der Waals surface area contributed by atoms with Crippen LogP contribution in [0.1, 0.15) is 86.4 Å². The number of hydrogen-bond acceptors (Lipinski definition) is 11. The van der Waals surface area contributed by atoms with Crippen LogP contribution in [0.5, 0.6) is 0 Å². The van der Waals surface area contributed by atoms with E-state index in [1.165, 1.54) is 45.9 Å². The number of pyridine rings is 2.